The first-order valence-corrected chi connectivity index (χ1v) is 8.42. The standard InChI is InChI=1S/C19H26O2/c1-18-9-7-13(20)11-12(18)3-4-14-15-5-6-17(21)19(15,2)10-8-16(14)18/h7-9,11,13-15,17,20-21H,3-6,10H2,1-2H3/t13-,14-,15-,17-,18-,19-/m0/s1. The number of allylic oxidation sites excluding steroid dienone is 4. The number of aliphatic hydroxyl groups is 2. The van der Waals surface area contributed by atoms with E-state index < -0.39 is 6.10 Å². The van der Waals surface area contributed by atoms with Crippen LogP contribution in [0, 0.1) is 22.7 Å². The molecular weight excluding hydrogens is 260 g/mol. The van der Waals surface area contributed by atoms with Crippen LogP contribution in [0.2, 0.25) is 0 Å². The molecule has 0 spiro atoms. The molecule has 4 aliphatic rings. The van der Waals surface area contributed by atoms with Crippen LogP contribution >= 0.6 is 0 Å². The summed E-state index contributed by atoms with van der Waals surface area (Å²) in [5.74, 6) is 1.24. The van der Waals surface area contributed by atoms with Gasteiger partial charge in [0.15, 0.2) is 0 Å². The van der Waals surface area contributed by atoms with Crippen LogP contribution in [0.25, 0.3) is 0 Å². The number of fused-ring (bicyclic) bond motifs is 5. The summed E-state index contributed by atoms with van der Waals surface area (Å²) < 4.78 is 0. The Morgan fingerprint density at radius 2 is 1.95 bits per heavy atom. The predicted molar refractivity (Wildman–Crippen MR) is 83.6 cm³/mol. The minimum atomic E-state index is -0.410. The van der Waals surface area contributed by atoms with Crippen molar-refractivity contribution in [2.24, 2.45) is 22.7 Å². The Kier molecular flexibility index (Phi) is 2.84. The number of hydrogen-bond donors (Lipinski definition) is 2. The van der Waals surface area contributed by atoms with Crippen molar-refractivity contribution < 1.29 is 10.2 Å². The number of rotatable bonds is 0. The van der Waals surface area contributed by atoms with E-state index in [1.165, 1.54) is 18.4 Å². The smallest absolute Gasteiger partial charge is 0.0906 e. The summed E-state index contributed by atoms with van der Waals surface area (Å²) in [5, 5.41) is 20.3. The molecule has 21 heavy (non-hydrogen) atoms. The van der Waals surface area contributed by atoms with Gasteiger partial charge in [0.05, 0.1) is 12.2 Å². The maximum absolute atomic E-state index is 10.4. The topological polar surface area (TPSA) is 40.5 Å². The van der Waals surface area contributed by atoms with Crippen LogP contribution in [0.4, 0.5) is 0 Å². The van der Waals surface area contributed by atoms with Crippen LogP contribution in [-0.4, -0.2) is 22.4 Å². The average molecular weight is 286 g/mol. The van der Waals surface area contributed by atoms with Crippen LogP contribution in [0.5, 0.6) is 0 Å². The second-order valence-corrected chi connectivity index (χ2v) is 7.96. The normalized spacial score (nSPS) is 51.6. The van der Waals surface area contributed by atoms with E-state index in [-0.39, 0.29) is 16.9 Å². The van der Waals surface area contributed by atoms with Crippen LogP contribution in [0.3, 0.4) is 0 Å². The predicted octanol–water partition coefficient (Wildman–Crippen LogP) is 3.37. The second-order valence-electron chi connectivity index (χ2n) is 7.96. The van der Waals surface area contributed by atoms with Crippen LogP contribution in [-0.2, 0) is 0 Å². The molecule has 0 aromatic carbocycles. The average Bonchev–Trinajstić information content (AvgIpc) is 2.76. The first-order valence-electron chi connectivity index (χ1n) is 8.42. The molecule has 0 aromatic heterocycles. The maximum Gasteiger partial charge on any atom is 0.0906 e. The van der Waals surface area contributed by atoms with E-state index in [0.29, 0.717) is 11.8 Å². The fourth-order valence-corrected chi connectivity index (χ4v) is 5.61. The van der Waals surface area contributed by atoms with Gasteiger partial charge in [-0.2, -0.15) is 0 Å². The summed E-state index contributed by atoms with van der Waals surface area (Å²) >= 11 is 0. The molecule has 114 valence electrons. The highest BCUT2D eigenvalue weighted by Gasteiger charge is 2.55. The molecule has 0 saturated heterocycles. The molecule has 2 N–H and O–H groups in total. The molecule has 0 radical (unpaired) electrons. The van der Waals surface area contributed by atoms with Crippen LogP contribution in [0.1, 0.15) is 46.0 Å². The van der Waals surface area contributed by atoms with Gasteiger partial charge < -0.3 is 10.2 Å². The van der Waals surface area contributed by atoms with Gasteiger partial charge in [-0.05, 0) is 50.9 Å². The fraction of sp³-hybridized carbons (Fsp3) is 0.684. The lowest BCUT2D eigenvalue weighted by molar-refractivity contribution is 0.0153. The molecule has 2 fully saturated rings. The van der Waals surface area contributed by atoms with E-state index in [0.717, 1.165) is 19.3 Å². The molecule has 0 aliphatic heterocycles. The molecule has 0 unspecified atom stereocenters. The lowest BCUT2D eigenvalue weighted by atomic mass is 9.53. The largest absolute Gasteiger partial charge is 0.393 e. The van der Waals surface area contributed by atoms with Crippen molar-refractivity contribution in [3.8, 4) is 0 Å². The third-order valence-electron chi connectivity index (χ3n) is 7.00. The first-order chi connectivity index (χ1) is 9.95. The Bertz CT molecular complexity index is 558. The third kappa shape index (κ3) is 1.72. The van der Waals surface area contributed by atoms with Gasteiger partial charge in [0, 0.05) is 10.8 Å². The molecule has 4 rings (SSSR count). The summed E-state index contributed by atoms with van der Waals surface area (Å²) in [5.41, 5.74) is 3.04. The van der Waals surface area contributed by atoms with E-state index in [2.05, 4.69) is 26.0 Å². The molecule has 0 aromatic rings. The summed E-state index contributed by atoms with van der Waals surface area (Å²) in [7, 11) is 0. The molecule has 2 saturated carbocycles. The first kappa shape index (κ1) is 13.8. The number of hydrogen-bond acceptors (Lipinski definition) is 2. The second kappa shape index (κ2) is 4.33. The molecule has 2 heteroatoms. The van der Waals surface area contributed by atoms with Gasteiger partial charge >= 0.3 is 0 Å². The Balaban J connectivity index is 1.77. The van der Waals surface area contributed by atoms with E-state index in [9.17, 15) is 10.2 Å². The van der Waals surface area contributed by atoms with Gasteiger partial charge in [-0.15, -0.1) is 0 Å². The quantitative estimate of drug-likeness (QED) is 0.670. The molecular formula is C19H26O2. The summed E-state index contributed by atoms with van der Waals surface area (Å²) in [4.78, 5) is 0. The Morgan fingerprint density at radius 3 is 2.76 bits per heavy atom. The fourth-order valence-electron chi connectivity index (χ4n) is 5.61. The van der Waals surface area contributed by atoms with E-state index in [1.807, 2.05) is 12.2 Å². The Morgan fingerprint density at radius 1 is 1.14 bits per heavy atom. The summed E-state index contributed by atoms with van der Waals surface area (Å²) in [6.07, 6.45) is 13.5. The van der Waals surface area contributed by atoms with Crippen molar-refractivity contribution in [2.75, 3.05) is 0 Å². The molecule has 2 nitrogen and oxygen atoms in total. The van der Waals surface area contributed by atoms with Crippen LogP contribution < -0.4 is 0 Å². The van der Waals surface area contributed by atoms with Crippen molar-refractivity contribution in [2.45, 2.75) is 58.2 Å². The lowest BCUT2D eigenvalue weighted by Gasteiger charge is -2.52. The van der Waals surface area contributed by atoms with Crippen molar-refractivity contribution in [3.63, 3.8) is 0 Å². The van der Waals surface area contributed by atoms with Crippen molar-refractivity contribution in [3.05, 3.63) is 35.5 Å². The zero-order chi connectivity index (χ0) is 14.8. The van der Waals surface area contributed by atoms with E-state index >= 15 is 0 Å². The lowest BCUT2D eigenvalue weighted by Crippen LogP contribution is -2.44. The minimum Gasteiger partial charge on any atom is -0.393 e. The molecule has 4 aliphatic carbocycles. The monoisotopic (exact) mass is 286 g/mol. The molecule has 0 amide bonds. The minimum absolute atomic E-state index is 0.0109. The van der Waals surface area contributed by atoms with Crippen molar-refractivity contribution in [1.82, 2.24) is 0 Å². The van der Waals surface area contributed by atoms with E-state index in [4.69, 9.17) is 0 Å². The van der Waals surface area contributed by atoms with Gasteiger partial charge in [-0.1, -0.05) is 42.4 Å². The Labute approximate surface area is 127 Å². The van der Waals surface area contributed by atoms with Crippen molar-refractivity contribution in [1.29, 1.82) is 0 Å². The van der Waals surface area contributed by atoms with Gasteiger partial charge in [0.1, 0.15) is 0 Å². The molecule has 0 bridgehead atoms. The van der Waals surface area contributed by atoms with Gasteiger partial charge in [0.2, 0.25) is 0 Å². The van der Waals surface area contributed by atoms with Crippen molar-refractivity contribution >= 4 is 0 Å². The molecule has 0 heterocycles. The highest BCUT2D eigenvalue weighted by Crippen LogP contribution is 2.62. The van der Waals surface area contributed by atoms with E-state index in [1.54, 1.807) is 5.57 Å². The third-order valence-corrected chi connectivity index (χ3v) is 7.00. The molecule has 6 atom stereocenters. The highest BCUT2D eigenvalue weighted by molar-refractivity contribution is 5.44. The highest BCUT2D eigenvalue weighted by atomic mass is 16.3. The van der Waals surface area contributed by atoms with Gasteiger partial charge in [0.25, 0.3) is 0 Å². The summed E-state index contributed by atoms with van der Waals surface area (Å²) in [6, 6.07) is 0. The van der Waals surface area contributed by atoms with Gasteiger partial charge in [-0.3, -0.25) is 0 Å². The maximum atomic E-state index is 10.4. The number of aliphatic hydroxyl groups excluding tert-OH is 2. The zero-order valence-electron chi connectivity index (χ0n) is 13.0. The van der Waals surface area contributed by atoms with Crippen LogP contribution in [0.15, 0.2) is 35.5 Å². The zero-order valence-corrected chi connectivity index (χ0v) is 13.0. The summed E-state index contributed by atoms with van der Waals surface area (Å²) in [6.45, 7) is 4.60. The SMILES string of the molecule is C[C@]12C=C[C@H](O)C=C1CC[C@@H]1C2=CC[C@]2(C)[C@@H](O)CC[C@@H]12. The van der Waals surface area contributed by atoms with Gasteiger partial charge in [-0.25, -0.2) is 0 Å². The Hall–Kier alpha value is -0.860.